The Hall–Kier alpha value is -2.38. The lowest BCUT2D eigenvalue weighted by atomic mass is 9.74. The molecule has 1 aliphatic heterocycles. The molecule has 0 bridgehead atoms. The molecule has 3 heterocycles. The van der Waals surface area contributed by atoms with Gasteiger partial charge in [0.25, 0.3) is 5.91 Å². The average molecular weight is 368 g/mol. The van der Waals surface area contributed by atoms with E-state index in [0.717, 1.165) is 24.6 Å². The van der Waals surface area contributed by atoms with Gasteiger partial charge in [0, 0.05) is 31.4 Å². The Bertz CT molecular complexity index is 917. The molecule has 0 unspecified atom stereocenters. The predicted octanol–water partition coefficient (Wildman–Crippen LogP) is 2.87. The van der Waals surface area contributed by atoms with Gasteiger partial charge in [-0.3, -0.25) is 4.79 Å². The summed E-state index contributed by atoms with van der Waals surface area (Å²) in [6.45, 7) is 4.08. The summed E-state index contributed by atoms with van der Waals surface area (Å²) in [7, 11) is 0. The number of aromatic nitrogens is 3. The molecule has 4 rings (SSSR count). The lowest BCUT2D eigenvalue weighted by molar-refractivity contribution is 0.0487. The third-order valence-corrected chi connectivity index (χ3v) is 5.61. The van der Waals surface area contributed by atoms with Gasteiger partial charge in [-0.25, -0.2) is 4.98 Å². The number of amides is 1. The van der Waals surface area contributed by atoms with Crippen molar-refractivity contribution in [3.05, 3.63) is 53.2 Å². The van der Waals surface area contributed by atoms with Gasteiger partial charge in [-0.1, -0.05) is 29.8 Å². The molecular weight excluding hydrogens is 348 g/mol. The summed E-state index contributed by atoms with van der Waals surface area (Å²) in [5, 5.41) is 3.10. The molecule has 6 nitrogen and oxygen atoms in total. The van der Waals surface area contributed by atoms with Crippen molar-refractivity contribution < 1.29 is 9.53 Å². The fourth-order valence-electron chi connectivity index (χ4n) is 3.40. The molecule has 2 aromatic heterocycles. The van der Waals surface area contributed by atoms with Gasteiger partial charge in [0.2, 0.25) is 0 Å². The Kier molecular flexibility index (Phi) is 4.65. The molecule has 1 saturated heterocycles. The summed E-state index contributed by atoms with van der Waals surface area (Å²) in [6.07, 6.45) is 3.34. The Balaban J connectivity index is 1.54. The molecule has 0 saturated carbocycles. The molecule has 0 aliphatic carbocycles. The molecule has 1 aliphatic rings. The van der Waals surface area contributed by atoms with Crippen molar-refractivity contribution in [3.63, 3.8) is 0 Å². The summed E-state index contributed by atoms with van der Waals surface area (Å²) < 4.78 is 13.8. The van der Waals surface area contributed by atoms with E-state index in [1.165, 1.54) is 11.1 Å². The first-order valence-corrected chi connectivity index (χ1v) is 9.41. The van der Waals surface area contributed by atoms with Crippen LogP contribution in [0.3, 0.4) is 0 Å². The summed E-state index contributed by atoms with van der Waals surface area (Å²) in [6, 6.07) is 10.3. The van der Waals surface area contributed by atoms with Gasteiger partial charge >= 0.3 is 0 Å². The molecule has 26 heavy (non-hydrogen) atoms. The zero-order valence-corrected chi connectivity index (χ0v) is 15.4. The van der Waals surface area contributed by atoms with E-state index in [2.05, 4.69) is 50.2 Å². The number of nitrogens with one attached hydrogen (secondary N) is 1. The third kappa shape index (κ3) is 3.32. The summed E-state index contributed by atoms with van der Waals surface area (Å²) in [4.78, 5) is 16.9. The van der Waals surface area contributed by atoms with Crippen molar-refractivity contribution >= 4 is 28.8 Å². The van der Waals surface area contributed by atoms with Crippen molar-refractivity contribution in [1.29, 1.82) is 0 Å². The van der Waals surface area contributed by atoms with Crippen LogP contribution in [0.25, 0.3) is 11.2 Å². The Labute approximate surface area is 155 Å². The molecule has 7 heteroatoms. The lowest BCUT2D eigenvalue weighted by Crippen LogP contribution is -2.44. The molecule has 1 N–H and O–H groups in total. The van der Waals surface area contributed by atoms with Crippen molar-refractivity contribution in [1.82, 2.24) is 19.0 Å². The number of nitrogens with zero attached hydrogens (tertiary/aromatic N) is 3. The van der Waals surface area contributed by atoms with Gasteiger partial charge in [-0.2, -0.15) is 8.75 Å². The summed E-state index contributed by atoms with van der Waals surface area (Å²) in [5.41, 5.74) is 4.13. The Morgan fingerprint density at radius 2 is 2.00 bits per heavy atom. The van der Waals surface area contributed by atoms with Crippen LogP contribution in [0.2, 0.25) is 0 Å². The molecule has 0 radical (unpaired) electrons. The maximum atomic E-state index is 12.7. The van der Waals surface area contributed by atoms with Crippen molar-refractivity contribution in [2.75, 3.05) is 19.8 Å². The topological polar surface area (TPSA) is 77.0 Å². The van der Waals surface area contributed by atoms with E-state index in [1.807, 2.05) is 0 Å². The van der Waals surface area contributed by atoms with Crippen LogP contribution in [0, 0.1) is 6.92 Å². The highest BCUT2D eigenvalue weighted by molar-refractivity contribution is 7.00. The van der Waals surface area contributed by atoms with Gasteiger partial charge < -0.3 is 10.1 Å². The standard InChI is InChI=1S/C19H20N4O2S/c1-13-2-4-15(5-3-13)19(6-8-25-9-7-19)12-21-18(24)14-10-16-17(20-11-14)23-26-22-16/h2-5,10-11H,6-9,12H2,1H3,(H,21,24). The second-order valence-electron chi connectivity index (χ2n) is 6.77. The number of hydrogen-bond acceptors (Lipinski definition) is 6. The minimum Gasteiger partial charge on any atom is -0.381 e. The van der Waals surface area contributed by atoms with E-state index in [9.17, 15) is 4.79 Å². The molecule has 1 aromatic carbocycles. The summed E-state index contributed by atoms with van der Waals surface area (Å²) >= 11 is 1.10. The second kappa shape index (κ2) is 7.09. The molecule has 0 spiro atoms. The van der Waals surface area contributed by atoms with E-state index in [0.29, 0.717) is 36.5 Å². The Morgan fingerprint density at radius 3 is 2.77 bits per heavy atom. The van der Waals surface area contributed by atoms with Gasteiger partial charge in [0.05, 0.1) is 17.3 Å². The number of carbonyl (C=O) groups is 1. The minimum atomic E-state index is -0.134. The van der Waals surface area contributed by atoms with Crippen molar-refractivity contribution in [3.8, 4) is 0 Å². The van der Waals surface area contributed by atoms with Gasteiger partial charge in [0.1, 0.15) is 5.52 Å². The number of hydrogen-bond donors (Lipinski definition) is 1. The predicted molar refractivity (Wildman–Crippen MR) is 100 cm³/mol. The van der Waals surface area contributed by atoms with E-state index in [4.69, 9.17) is 4.74 Å². The smallest absolute Gasteiger partial charge is 0.252 e. The van der Waals surface area contributed by atoms with Crippen LogP contribution in [0.1, 0.15) is 34.3 Å². The first-order chi connectivity index (χ1) is 12.7. The second-order valence-corrected chi connectivity index (χ2v) is 7.30. The molecular formula is C19H20N4O2S. The van der Waals surface area contributed by atoms with Gasteiger partial charge in [0.15, 0.2) is 5.65 Å². The number of benzene rings is 1. The molecule has 1 amide bonds. The molecule has 0 atom stereocenters. The zero-order chi connectivity index (χ0) is 18.0. The lowest BCUT2D eigenvalue weighted by Gasteiger charge is -2.38. The maximum absolute atomic E-state index is 12.7. The van der Waals surface area contributed by atoms with E-state index >= 15 is 0 Å². The number of ether oxygens (including phenoxy) is 1. The van der Waals surface area contributed by atoms with Crippen molar-refractivity contribution in [2.24, 2.45) is 0 Å². The van der Waals surface area contributed by atoms with Crippen LogP contribution in [0.15, 0.2) is 36.5 Å². The van der Waals surface area contributed by atoms with E-state index in [-0.39, 0.29) is 11.3 Å². The van der Waals surface area contributed by atoms with Gasteiger partial charge in [-0.05, 0) is 31.4 Å². The monoisotopic (exact) mass is 368 g/mol. The van der Waals surface area contributed by atoms with E-state index < -0.39 is 0 Å². The fourth-order valence-corrected chi connectivity index (χ4v) is 3.88. The number of aryl methyl sites for hydroxylation is 1. The largest absolute Gasteiger partial charge is 0.381 e. The average Bonchev–Trinajstić information content (AvgIpc) is 3.15. The quantitative estimate of drug-likeness (QED) is 0.766. The normalized spacial score (nSPS) is 16.5. The number of fused-ring (bicyclic) bond motifs is 1. The van der Waals surface area contributed by atoms with Crippen molar-refractivity contribution in [2.45, 2.75) is 25.2 Å². The van der Waals surface area contributed by atoms with Crippen LogP contribution in [0.5, 0.6) is 0 Å². The highest BCUT2D eigenvalue weighted by Gasteiger charge is 2.34. The maximum Gasteiger partial charge on any atom is 0.252 e. The van der Waals surface area contributed by atoms with E-state index in [1.54, 1.807) is 12.3 Å². The third-order valence-electron chi connectivity index (χ3n) is 5.08. The van der Waals surface area contributed by atoms with Crippen LogP contribution in [0.4, 0.5) is 0 Å². The molecule has 3 aromatic rings. The summed E-state index contributed by atoms with van der Waals surface area (Å²) in [5.74, 6) is -0.134. The number of carbonyl (C=O) groups excluding carboxylic acids is 1. The van der Waals surface area contributed by atoms with Crippen LogP contribution >= 0.6 is 11.7 Å². The highest BCUT2D eigenvalue weighted by Crippen LogP contribution is 2.34. The first-order valence-electron chi connectivity index (χ1n) is 8.68. The molecule has 1 fully saturated rings. The van der Waals surface area contributed by atoms with Crippen LogP contribution in [-0.4, -0.2) is 39.4 Å². The SMILES string of the molecule is Cc1ccc(C2(CNC(=O)c3cnc4nsnc4c3)CCOCC2)cc1. The first kappa shape index (κ1) is 17.1. The highest BCUT2D eigenvalue weighted by atomic mass is 32.1. The van der Waals surface area contributed by atoms with Crippen LogP contribution in [-0.2, 0) is 10.2 Å². The van der Waals surface area contributed by atoms with Gasteiger partial charge in [-0.15, -0.1) is 0 Å². The van der Waals surface area contributed by atoms with Crippen LogP contribution < -0.4 is 5.32 Å². The number of pyridine rings is 1. The zero-order valence-electron chi connectivity index (χ0n) is 14.6. The Morgan fingerprint density at radius 1 is 1.23 bits per heavy atom. The minimum absolute atomic E-state index is 0.0959. The fraction of sp³-hybridized carbons (Fsp3) is 0.368. The molecule has 134 valence electrons. The number of rotatable bonds is 4.